The van der Waals surface area contributed by atoms with E-state index in [2.05, 4.69) is 20.9 Å². The maximum atomic E-state index is 12.7. The van der Waals surface area contributed by atoms with Gasteiger partial charge in [-0.15, -0.1) is 0 Å². The fraction of sp³-hybridized carbons (Fsp3) is 0.526. The molecule has 1 saturated heterocycles. The van der Waals surface area contributed by atoms with E-state index in [9.17, 15) is 9.59 Å². The maximum Gasteiger partial charge on any atom is 0.261 e. The van der Waals surface area contributed by atoms with Crippen LogP contribution in [0, 0.1) is 11.8 Å². The quantitative estimate of drug-likeness (QED) is 0.773. The number of carbonyl (C=O) groups is 1. The van der Waals surface area contributed by atoms with Crippen LogP contribution >= 0.6 is 15.9 Å². The fourth-order valence-corrected chi connectivity index (χ4v) is 4.68. The number of amides is 1. The topological polar surface area (TPSA) is 55.2 Å². The number of nitrogens with zero attached hydrogens (tertiary/aromatic N) is 3. The summed E-state index contributed by atoms with van der Waals surface area (Å²) < 4.78 is 2.27. The molecule has 2 fully saturated rings. The highest BCUT2D eigenvalue weighted by Gasteiger charge is 2.32. The van der Waals surface area contributed by atoms with Gasteiger partial charge in [-0.25, -0.2) is 4.98 Å². The number of piperidine rings is 1. The van der Waals surface area contributed by atoms with Crippen molar-refractivity contribution in [3.05, 3.63) is 39.4 Å². The first-order valence-electron chi connectivity index (χ1n) is 9.04. The number of hydrogen-bond acceptors (Lipinski definition) is 3. The van der Waals surface area contributed by atoms with E-state index in [-0.39, 0.29) is 18.0 Å². The Morgan fingerprint density at radius 2 is 2.00 bits per heavy atom. The molecule has 2 atom stereocenters. The van der Waals surface area contributed by atoms with Crippen molar-refractivity contribution in [3.63, 3.8) is 0 Å². The number of carbonyl (C=O) groups excluding carboxylic acids is 1. The summed E-state index contributed by atoms with van der Waals surface area (Å²) in [6.45, 7) is 1.75. The number of benzene rings is 1. The van der Waals surface area contributed by atoms with E-state index in [4.69, 9.17) is 0 Å². The predicted octanol–water partition coefficient (Wildman–Crippen LogP) is 3.20. The van der Waals surface area contributed by atoms with Gasteiger partial charge < -0.3 is 4.90 Å². The second kappa shape index (κ2) is 6.90. The lowest BCUT2D eigenvalue weighted by Crippen LogP contribution is -2.46. The van der Waals surface area contributed by atoms with Crippen LogP contribution in [0.4, 0.5) is 0 Å². The predicted molar refractivity (Wildman–Crippen MR) is 100 cm³/mol. The molecule has 2 heterocycles. The van der Waals surface area contributed by atoms with Crippen molar-refractivity contribution in [1.29, 1.82) is 0 Å². The lowest BCUT2D eigenvalue weighted by Gasteiger charge is -2.41. The standard InChI is InChI=1S/C19H22BrN3O2/c20-15-5-6-17-16(9-15)19(25)23(12-21-17)11-18(24)22-8-7-13-3-1-2-4-14(13)10-22/h5-6,9,12-14H,1-4,7-8,10-11H2/t13-,14-/m1/s1. The minimum atomic E-state index is -0.160. The Bertz CT molecular complexity index is 863. The van der Waals surface area contributed by atoms with Crippen molar-refractivity contribution < 1.29 is 4.79 Å². The van der Waals surface area contributed by atoms with Crippen molar-refractivity contribution in [2.45, 2.75) is 38.6 Å². The van der Waals surface area contributed by atoms with Crippen LogP contribution < -0.4 is 5.56 Å². The van der Waals surface area contributed by atoms with Crippen molar-refractivity contribution in [2.75, 3.05) is 13.1 Å². The summed E-state index contributed by atoms with van der Waals surface area (Å²) in [5, 5.41) is 0.538. The van der Waals surface area contributed by atoms with Crippen LogP contribution in [0.3, 0.4) is 0 Å². The summed E-state index contributed by atoms with van der Waals surface area (Å²) in [6, 6.07) is 5.43. The van der Waals surface area contributed by atoms with Gasteiger partial charge in [0.15, 0.2) is 0 Å². The van der Waals surface area contributed by atoms with Crippen LogP contribution in [0.1, 0.15) is 32.1 Å². The highest BCUT2D eigenvalue weighted by Crippen LogP contribution is 2.36. The Kier molecular flexibility index (Phi) is 4.63. The van der Waals surface area contributed by atoms with Gasteiger partial charge in [-0.3, -0.25) is 14.2 Å². The van der Waals surface area contributed by atoms with Gasteiger partial charge in [0.2, 0.25) is 5.91 Å². The second-order valence-corrected chi connectivity index (χ2v) is 8.19. The van der Waals surface area contributed by atoms with Gasteiger partial charge in [-0.05, 0) is 42.9 Å². The average molecular weight is 404 g/mol. The summed E-state index contributed by atoms with van der Waals surface area (Å²) in [5.41, 5.74) is 0.493. The van der Waals surface area contributed by atoms with Crippen molar-refractivity contribution in [1.82, 2.24) is 14.5 Å². The highest BCUT2D eigenvalue weighted by atomic mass is 79.9. The van der Waals surface area contributed by atoms with Crippen molar-refractivity contribution in [3.8, 4) is 0 Å². The van der Waals surface area contributed by atoms with Gasteiger partial charge in [-0.1, -0.05) is 35.2 Å². The Morgan fingerprint density at radius 3 is 2.84 bits per heavy atom. The molecule has 1 aromatic heterocycles. The molecule has 6 heteroatoms. The van der Waals surface area contributed by atoms with Crippen LogP contribution in [-0.4, -0.2) is 33.4 Å². The number of hydrogen-bond donors (Lipinski definition) is 0. The molecule has 1 amide bonds. The SMILES string of the molecule is O=C(Cn1cnc2ccc(Br)cc2c1=O)N1CC[C@H]2CCCC[C@@H]2C1. The van der Waals surface area contributed by atoms with E-state index in [1.165, 1.54) is 36.6 Å². The third-order valence-electron chi connectivity index (χ3n) is 5.74. The largest absolute Gasteiger partial charge is 0.341 e. The lowest BCUT2D eigenvalue weighted by molar-refractivity contribution is -0.135. The molecule has 0 radical (unpaired) electrons. The Balaban J connectivity index is 1.52. The number of halogens is 1. The molecule has 1 aliphatic carbocycles. The zero-order chi connectivity index (χ0) is 17.4. The zero-order valence-corrected chi connectivity index (χ0v) is 15.7. The van der Waals surface area contributed by atoms with Gasteiger partial charge in [0.1, 0.15) is 6.54 Å². The fourth-order valence-electron chi connectivity index (χ4n) is 4.32. The molecular weight excluding hydrogens is 382 g/mol. The molecule has 0 spiro atoms. The van der Waals surface area contributed by atoms with Gasteiger partial charge in [-0.2, -0.15) is 0 Å². The molecule has 132 valence electrons. The van der Waals surface area contributed by atoms with E-state index in [1.54, 1.807) is 12.1 Å². The summed E-state index contributed by atoms with van der Waals surface area (Å²) in [5.74, 6) is 1.47. The normalized spacial score (nSPS) is 23.5. The molecule has 4 rings (SSSR count). The number of fused-ring (bicyclic) bond motifs is 2. The first-order valence-corrected chi connectivity index (χ1v) is 9.83. The third-order valence-corrected chi connectivity index (χ3v) is 6.23. The van der Waals surface area contributed by atoms with Gasteiger partial charge in [0, 0.05) is 17.6 Å². The lowest BCUT2D eigenvalue weighted by atomic mass is 9.75. The molecule has 25 heavy (non-hydrogen) atoms. The van der Waals surface area contributed by atoms with E-state index in [0.717, 1.165) is 29.9 Å². The number of likely N-dealkylation sites (tertiary alicyclic amines) is 1. The van der Waals surface area contributed by atoms with Gasteiger partial charge in [0.25, 0.3) is 5.56 Å². The molecule has 0 N–H and O–H groups in total. The zero-order valence-electron chi connectivity index (χ0n) is 14.2. The van der Waals surface area contributed by atoms with Crippen LogP contribution in [0.5, 0.6) is 0 Å². The molecule has 0 unspecified atom stereocenters. The van der Waals surface area contributed by atoms with Crippen LogP contribution in [0.25, 0.3) is 10.9 Å². The van der Waals surface area contributed by atoms with E-state index >= 15 is 0 Å². The first-order chi connectivity index (χ1) is 12.1. The molecular formula is C19H22BrN3O2. The minimum Gasteiger partial charge on any atom is -0.341 e. The molecule has 1 aliphatic heterocycles. The van der Waals surface area contributed by atoms with Crippen molar-refractivity contribution in [2.24, 2.45) is 11.8 Å². The first kappa shape index (κ1) is 16.8. The minimum absolute atomic E-state index is 0.0299. The molecule has 2 aromatic rings. The maximum absolute atomic E-state index is 12.7. The molecule has 1 saturated carbocycles. The van der Waals surface area contributed by atoms with Crippen LogP contribution in [0.2, 0.25) is 0 Å². The molecule has 1 aromatic carbocycles. The van der Waals surface area contributed by atoms with Gasteiger partial charge >= 0.3 is 0 Å². The molecule has 0 bridgehead atoms. The number of rotatable bonds is 2. The Labute approximate surface area is 155 Å². The summed E-state index contributed by atoms with van der Waals surface area (Å²) in [4.78, 5) is 31.7. The van der Waals surface area contributed by atoms with Crippen molar-refractivity contribution >= 4 is 32.7 Å². The van der Waals surface area contributed by atoms with E-state index < -0.39 is 0 Å². The second-order valence-electron chi connectivity index (χ2n) is 7.27. The third kappa shape index (κ3) is 3.36. The highest BCUT2D eigenvalue weighted by molar-refractivity contribution is 9.10. The Morgan fingerprint density at radius 1 is 1.20 bits per heavy atom. The van der Waals surface area contributed by atoms with E-state index in [1.807, 2.05) is 11.0 Å². The summed E-state index contributed by atoms with van der Waals surface area (Å²) in [7, 11) is 0. The molecule has 5 nitrogen and oxygen atoms in total. The van der Waals surface area contributed by atoms with Crippen LogP contribution in [-0.2, 0) is 11.3 Å². The summed E-state index contributed by atoms with van der Waals surface area (Å²) in [6.07, 6.45) is 7.77. The number of aromatic nitrogens is 2. The van der Waals surface area contributed by atoms with E-state index in [0.29, 0.717) is 16.8 Å². The van der Waals surface area contributed by atoms with Crippen LogP contribution in [0.15, 0.2) is 33.8 Å². The monoisotopic (exact) mass is 403 g/mol. The van der Waals surface area contributed by atoms with Gasteiger partial charge in [0.05, 0.1) is 17.2 Å². The Hall–Kier alpha value is -1.69. The summed E-state index contributed by atoms with van der Waals surface area (Å²) >= 11 is 3.39. The smallest absolute Gasteiger partial charge is 0.261 e. The average Bonchev–Trinajstić information content (AvgIpc) is 2.64. The molecule has 2 aliphatic rings.